The van der Waals surface area contributed by atoms with Crippen LogP contribution in [0.3, 0.4) is 0 Å². The summed E-state index contributed by atoms with van der Waals surface area (Å²) in [6.45, 7) is 1.55. The van der Waals surface area contributed by atoms with Crippen molar-refractivity contribution in [2.45, 2.75) is 31.2 Å². The number of aliphatic hydroxyl groups is 2. The molecule has 0 saturated carbocycles. The zero-order valence-corrected chi connectivity index (χ0v) is 18.2. The number of fused-ring (bicyclic) bond motifs is 1. The van der Waals surface area contributed by atoms with Gasteiger partial charge in [-0.1, -0.05) is 42.5 Å². The second-order valence-electron chi connectivity index (χ2n) is 8.56. The normalized spacial score (nSPS) is 19.3. The molecule has 0 spiro atoms. The van der Waals surface area contributed by atoms with Crippen molar-refractivity contribution in [1.29, 1.82) is 0 Å². The van der Waals surface area contributed by atoms with Crippen LogP contribution in [0.25, 0.3) is 0 Å². The number of hydrogen-bond donors (Lipinski definition) is 2. The van der Waals surface area contributed by atoms with Gasteiger partial charge in [0.1, 0.15) is 36.3 Å². The average molecular weight is 448 g/mol. The minimum absolute atomic E-state index is 0.320. The lowest BCUT2D eigenvalue weighted by Gasteiger charge is -2.42. The summed E-state index contributed by atoms with van der Waals surface area (Å²) in [5, 5.41) is 22.1. The zero-order valence-electron chi connectivity index (χ0n) is 18.2. The van der Waals surface area contributed by atoms with E-state index in [4.69, 9.17) is 9.47 Å². The molecular weight excluding hydrogens is 421 g/mol. The minimum atomic E-state index is -1.01. The van der Waals surface area contributed by atoms with Crippen LogP contribution in [0, 0.1) is 5.82 Å². The van der Waals surface area contributed by atoms with Crippen LogP contribution in [0.5, 0.6) is 11.5 Å². The molecule has 3 aromatic carbocycles. The molecule has 2 heterocycles. The van der Waals surface area contributed by atoms with Crippen LogP contribution in [-0.4, -0.2) is 28.2 Å². The van der Waals surface area contributed by atoms with E-state index in [2.05, 4.69) is 0 Å². The van der Waals surface area contributed by atoms with E-state index in [1.165, 1.54) is 12.1 Å². The average Bonchev–Trinajstić information content (AvgIpc) is 2.85. The molecule has 0 aliphatic carbocycles. The van der Waals surface area contributed by atoms with E-state index in [0.717, 1.165) is 5.56 Å². The summed E-state index contributed by atoms with van der Waals surface area (Å²) < 4.78 is 25.0. The second kappa shape index (κ2) is 8.89. The van der Waals surface area contributed by atoms with Crippen LogP contribution in [-0.2, 0) is 12.2 Å². The van der Waals surface area contributed by atoms with Crippen molar-refractivity contribution in [2.75, 3.05) is 13.1 Å². The summed E-state index contributed by atoms with van der Waals surface area (Å²) >= 11 is 0. The number of halogens is 1. The molecule has 3 aromatic rings. The van der Waals surface area contributed by atoms with Crippen molar-refractivity contribution in [3.63, 3.8) is 0 Å². The Bertz CT molecular complexity index is 1140. The Morgan fingerprint density at radius 3 is 2.45 bits per heavy atom. The van der Waals surface area contributed by atoms with Gasteiger partial charge in [-0.15, -0.1) is 0 Å². The molecule has 5 nitrogen and oxygen atoms in total. The fourth-order valence-electron chi connectivity index (χ4n) is 4.45. The summed E-state index contributed by atoms with van der Waals surface area (Å²) in [5.74, 6) is 0.917. The third-order valence-corrected chi connectivity index (χ3v) is 6.45. The SMILES string of the molecule is OC1C(N2CCC(O)(c3ccc(F)cc3)CC2)=COc2cc(OCc3ccccc3)ccc21. The van der Waals surface area contributed by atoms with Crippen molar-refractivity contribution < 1.29 is 24.1 Å². The molecule has 2 aliphatic heterocycles. The van der Waals surface area contributed by atoms with Gasteiger partial charge in [0.25, 0.3) is 0 Å². The molecule has 5 rings (SSSR count). The standard InChI is InChI=1S/C27H26FNO4/c28-21-8-6-20(7-9-21)27(31)12-14-29(15-13-27)24-18-33-25-16-22(10-11-23(25)26(24)30)32-17-19-4-2-1-3-5-19/h1-11,16,18,26,30-31H,12-15,17H2. The third-order valence-electron chi connectivity index (χ3n) is 6.45. The lowest BCUT2D eigenvalue weighted by molar-refractivity contribution is -0.0247. The highest BCUT2D eigenvalue weighted by atomic mass is 19.1. The highest BCUT2D eigenvalue weighted by Gasteiger charge is 2.37. The van der Waals surface area contributed by atoms with Crippen molar-refractivity contribution in [2.24, 2.45) is 0 Å². The number of piperidine rings is 1. The Balaban J connectivity index is 1.24. The molecular formula is C27H26FNO4. The van der Waals surface area contributed by atoms with E-state index in [9.17, 15) is 14.6 Å². The van der Waals surface area contributed by atoms with Gasteiger partial charge in [-0.2, -0.15) is 0 Å². The van der Waals surface area contributed by atoms with E-state index in [1.54, 1.807) is 24.5 Å². The smallest absolute Gasteiger partial charge is 0.136 e. The van der Waals surface area contributed by atoms with Gasteiger partial charge in [-0.05, 0) is 48.2 Å². The molecule has 1 atom stereocenters. The van der Waals surface area contributed by atoms with Gasteiger partial charge in [0.15, 0.2) is 0 Å². The molecule has 2 N–H and O–H groups in total. The highest BCUT2D eigenvalue weighted by Crippen LogP contribution is 2.41. The van der Waals surface area contributed by atoms with Crippen LogP contribution >= 0.6 is 0 Å². The maximum Gasteiger partial charge on any atom is 0.136 e. The molecule has 0 aromatic heterocycles. The second-order valence-corrected chi connectivity index (χ2v) is 8.56. The monoisotopic (exact) mass is 447 g/mol. The molecule has 0 radical (unpaired) electrons. The minimum Gasteiger partial charge on any atom is -0.489 e. The number of rotatable bonds is 5. The molecule has 1 saturated heterocycles. The molecule has 1 fully saturated rings. The van der Waals surface area contributed by atoms with E-state index >= 15 is 0 Å². The van der Waals surface area contributed by atoms with Gasteiger partial charge in [-0.25, -0.2) is 4.39 Å². The fraction of sp³-hybridized carbons (Fsp3) is 0.259. The van der Waals surface area contributed by atoms with Crippen LogP contribution in [0.4, 0.5) is 4.39 Å². The van der Waals surface area contributed by atoms with E-state index in [1.807, 2.05) is 47.4 Å². The number of benzene rings is 3. The summed E-state index contributed by atoms with van der Waals surface area (Å²) in [5.41, 5.74) is 2.13. The van der Waals surface area contributed by atoms with Crippen LogP contribution in [0.2, 0.25) is 0 Å². The number of aliphatic hydroxyl groups excluding tert-OH is 1. The number of hydrogen-bond acceptors (Lipinski definition) is 5. The fourth-order valence-corrected chi connectivity index (χ4v) is 4.45. The van der Waals surface area contributed by atoms with Gasteiger partial charge in [0.05, 0.1) is 11.3 Å². The third kappa shape index (κ3) is 4.45. The predicted molar refractivity (Wildman–Crippen MR) is 122 cm³/mol. The summed E-state index contributed by atoms with van der Waals surface area (Å²) in [6, 6.07) is 21.4. The lowest BCUT2D eigenvalue weighted by atomic mass is 9.84. The van der Waals surface area contributed by atoms with E-state index in [0.29, 0.717) is 60.9 Å². The Morgan fingerprint density at radius 2 is 1.73 bits per heavy atom. The van der Waals surface area contributed by atoms with Gasteiger partial charge < -0.3 is 24.6 Å². The first-order chi connectivity index (χ1) is 16.0. The van der Waals surface area contributed by atoms with Crippen molar-refractivity contribution in [3.05, 3.63) is 107 Å². The first-order valence-corrected chi connectivity index (χ1v) is 11.1. The van der Waals surface area contributed by atoms with Crippen molar-refractivity contribution in [3.8, 4) is 11.5 Å². The molecule has 0 bridgehead atoms. The molecule has 33 heavy (non-hydrogen) atoms. The molecule has 1 unspecified atom stereocenters. The van der Waals surface area contributed by atoms with E-state index < -0.39 is 11.7 Å². The highest BCUT2D eigenvalue weighted by molar-refractivity contribution is 5.46. The Morgan fingerprint density at radius 1 is 1.00 bits per heavy atom. The van der Waals surface area contributed by atoms with Crippen LogP contribution in [0.1, 0.15) is 35.6 Å². The number of ether oxygens (including phenoxy) is 2. The quantitative estimate of drug-likeness (QED) is 0.596. The molecule has 0 amide bonds. The van der Waals surface area contributed by atoms with Gasteiger partial charge in [0.2, 0.25) is 0 Å². The maximum atomic E-state index is 13.2. The van der Waals surface area contributed by atoms with Gasteiger partial charge >= 0.3 is 0 Å². The number of nitrogens with zero attached hydrogens (tertiary/aromatic N) is 1. The van der Waals surface area contributed by atoms with Crippen molar-refractivity contribution in [1.82, 2.24) is 4.90 Å². The molecule has 2 aliphatic rings. The Hall–Kier alpha value is -3.35. The topological polar surface area (TPSA) is 62.2 Å². The van der Waals surface area contributed by atoms with Gasteiger partial charge in [-0.3, -0.25) is 0 Å². The van der Waals surface area contributed by atoms with Gasteiger partial charge in [0, 0.05) is 24.7 Å². The van der Waals surface area contributed by atoms with E-state index in [-0.39, 0.29) is 5.82 Å². The first-order valence-electron chi connectivity index (χ1n) is 11.1. The maximum absolute atomic E-state index is 13.2. The Kier molecular flexibility index (Phi) is 5.79. The molecule has 6 heteroatoms. The predicted octanol–water partition coefficient (Wildman–Crippen LogP) is 4.66. The number of likely N-dealkylation sites (tertiary alicyclic amines) is 1. The molecule has 170 valence electrons. The summed E-state index contributed by atoms with van der Waals surface area (Å²) in [7, 11) is 0. The largest absolute Gasteiger partial charge is 0.489 e. The zero-order chi connectivity index (χ0) is 22.8. The van der Waals surface area contributed by atoms with Crippen molar-refractivity contribution >= 4 is 0 Å². The lowest BCUT2D eigenvalue weighted by Crippen LogP contribution is -2.43. The Labute approximate surface area is 192 Å². The van der Waals surface area contributed by atoms with Crippen LogP contribution < -0.4 is 9.47 Å². The first kappa shape index (κ1) is 21.5. The summed E-state index contributed by atoms with van der Waals surface area (Å²) in [4.78, 5) is 2.03. The summed E-state index contributed by atoms with van der Waals surface area (Å²) in [6.07, 6.45) is 1.70. The van der Waals surface area contributed by atoms with Crippen LogP contribution in [0.15, 0.2) is 84.8 Å².